The molecule has 2 rings (SSSR count). The lowest BCUT2D eigenvalue weighted by atomic mass is 10.1. The molecule has 1 aromatic heterocycles. The van der Waals surface area contributed by atoms with Crippen LogP contribution in [0.1, 0.15) is 18.2 Å². The maximum atomic E-state index is 13.1. The highest BCUT2D eigenvalue weighted by Gasteiger charge is 2.34. The van der Waals surface area contributed by atoms with Crippen LogP contribution in [0, 0.1) is 5.82 Å². The standard InChI is InChI=1S/C11H9F4N3/c1-2-7-6-16-17-18(7)8-3-4-10(12)9(5-8)11(13,14)15/h3-6H,2H2,1H3. The van der Waals surface area contributed by atoms with Crippen molar-refractivity contribution in [2.45, 2.75) is 19.5 Å². The van der Waals surface area contributed by atoms with Gasteiger partial charge in [0, 0.05) is 0 Å². The van der Waals surface area contributed by atoms with Gasteiger partial charge in [0.1, 0.15) is 5.82 Å². The summed E-state index contributed by atoms with van der Waals surface area (Å²) in [6.07, 6.45) is -2.71. The van der Waals surface area contributed by atoms with Gasteiger partial charge in [0.05, 0.1) is 23.1 Å². The highest BCUT2D eigenvalue weighted by atomic mass is 19.4. The zero-order valence-corrected chi connectivity index (χ0v) is 9.37. The number of nitrogens with zero attached hydrogens (tertiary/aromatic N) is 3. The zero-order chi connectivity index (χ0) is 13.3. The third-order valence-corrected chi connectivity index (χ3v) is 2.48. The van der Waals surface area contributed by atoms with Crippen LogP contribution in [0.2, 0.25) is 0 Å². The maximum absolute atomic E-state index is 13.1. The number of aryl methyl sites for hydroxylation is 1. The van der Waals surface area contributed by atoms with Gasteiger partial charge in [-0.2, -0.15) is 13.2 Å². The van der Waals surface area contributed by atoms with E-state index in [1.165, 1.54) is 16.9 Å². The van der Waals surface area contributed by atoms with Crippen molar-refractivity contribution in [3.05, 3.63) is 41.5 Å². The topological polar surface area (TPSA) is 30.7 Å². The van der Waals surface area contributed by atoms with Crippen molar-refractivity contribution in [1.29, 1.82) is 0 Å². The summed E-state index contributed by atoms with van der Waals surface area (Å²) in [4.78, 5) is 0. The Morgan fingerprint density at radius 2 is 2.00 bits per heavy atom. The van der Waals surface area contributed by atoms with E-state index in [-0.39, 0.29) is 5.69 Å². The quantitative estimate of drug-likeness (QED) is 0.776. The highest BCUT2D eigenvalue weighted by molar-refractivity contribution is 5.38. The van der Waals surface area contributed by atoms with Gasteiger partial charge in [0.15, 0.2) is 0 Å². The van der Waals surface area contributed by atoms with E-state index in [1.807, 2.05) is 6.92 Å². The van der Waals surface area contributed by atoms with Crippen LogP contribution < -0.4 is 0 Å². The fraction of sp³-hybridized carbons (Fsp3) is 0.273. The molecule has 0 aliphatic rings. The summed E-state index contributed by atoms with van der Waals surface area (Å²) in [6, 6.07) is 2.74. The van der Waals surface area contributed by atoms with Gasteiger partial charge in [-0.1, -0.05) is 12.1 Å². The van der Waals surface area contributed by atoms with Crippen LogP contribution in [0.25, 0.3) is 5.69 Å². The van der Waals surface area contributed by atoms with E-state index < -0.39 is 17.6 Å². The molecule has 1 aromatic carbocycles. The highest BCUT2D eigenvalue weighted by Crippen LogP contribution is 2.32. The molecule has 0 bridgehead atoms. The average molecular weight is 259 g/mol. The van der Waals surface area contributed by atoms with Crippen LogP contribution in [0.3, 0.4) is 0 Å². The van der Waals surface area contributed by atoms with Crippen LogP contribution in [0.5, 0.6) is 0 Å². The monoisotopic (exact) mass is 259 g/mol. The van der Waals surface area contributed by atoms with E-state index in [1.54, 1.807) is 0 Å². The minimum Gasteiger partial charge on any atom is -0.218 e. The Bertz CT molecular complexity index is 560. The van der Waals surface area contributed by atoms with Crippen molar-refractivity contribution >= 4 is 0 Å². The lowest BCUT2D eigenvalue weighted by Gasteiger charge is -2.10. The lowest BCUT2D eigenvalue weighted by Crippen LogP contribution is -2.10. The number of hydrogen-bond acceptors (Lipinski definition) is 2. The molecule has 0 radical (unpaired) electrons. The number of alkyl halides is 3. The molecule has 0 aliphatic carbocycles. The Hall–Kier alpha value is -1.92. The van der Waals surface area contributed by atoms with Crippen molar-refractivity contribution in [1.82, 2.24) is 15.0 Å². The third kappa shape index (κ3) is 2.20. The van der Waals surface area contributed by atoms with Crippen molar-refractivity contribution < 1.29 is 17.6 Å². The molecule has 2 aromatic rings. The molecule has 0 unspecified atom stereocenters. The van der Waals surface area contributed by atoms with Gasteiger partial charge in [0.25, 0.3) is 0 Å². The second-order valence-corrected chi connectivity index (χ2v) is 3.65. The van der Waals surface area contributed by atoms with E-state index in [0.717, 1.165) is 12.1 Å². The molecule has 18 heavy (non-hydrogen) atoms. The number of hydrogen-bond donors (Lipinski definition) is 0. The van der Waals surface area contributed by atoms with E-state index >= 15 is 0 Å². The van der Waals surface area contributed by atoms with Crippen LogP contribution >= 0.6 is 0 Å². The fourth-order valence-electron chi connectivity index (χ4n) is 1.58. The maximum Gasteiger partial charge on any atom is 0.419 e. The molecule has 96 valence electrons. The van der Waals surface area contributed by atoms with Gasteiger partial charge in [-0.15, -0.1) is 5.10 Å². The van der Waals surface area contributed by atoms with Crippen LogP contribution in [0.4, 0.5) is 17.6 Å². The Kier molecular flexibility index (Phi) is 3.06. The Morgan fingerprint density at radius 3 is 2.61 bits per heavy atom. The molecule has 7 heteroatoms. The summed E-state index contributed by atoms with van der Waals surface area (Å²) in [6.45, 7) is 1.82. The number of benzene rings is 1. The summed E-state index contributed by atoms with van der Waals surface area (Å²) < 4.78 is 52.1. The zero-order valence-electron chi connectivity index (χ0n) is 9.37. The molecule has 3 nitrogen and oxygen atoms in total. The van der Waals surface area contributed by atoms with Gasteiger partial charge in [-0.25, -0.2) is 9.07 Å². The van der Waals surface area contributed by atoms with E-state index in [2.05, 4.69) is 10.3 Å². The Morgan fingerprint density at radius 1 is 1.28 bits per heavy atom. The molecule has 0 aliphatic heterocycles. The van der Waals surface area contributed by atoms with Crippen molar-refractivity contribution in [3.8, 4) is 5.69 Å². The number of halogens is 4. The summed E-state index contributed by atoms with van der Waals surface area (Å²) in [5, 5.41) is 7.31. The number of rotatable bonds is 2. The largest absolute Gasteiger partial charge is 0.419 e. The molecule has 0 amide bonds. The fourth-order valence-corrected chi connectivity index (χ4v) is 1.58. The first-order valence-electron chi connectivity index (χ1n) is 5.20. The first-order valence-corrected chi connectivity index (χ1v) is 5.20. The smallest absolute Gasteiger partial charge is 0.218 e. The minimum atomic E-state index is -4.73. The molecule has 0 N–H and O–H groups in total. The normalized spacial score (nSPS) is 11.8. The average Bonchev–Trinajstić information content (AvgIpc) is 2.76. The van der Waals surface area contributed by atoms with Crippen LogP contribution in [-0.2, 0) is 12.6 Å². The predicted octanol–water partition coefficient (Wildman–Crippen LogP) is 2.99. The van der Waals surface area contributed by atoms with Crippen molar-refractivity contribution in [2.24, 2.45) is 0 Å². The summed E-state index contributed by atoms with van der Waals surface area (Å²) in [7, 11) is 0. The van der Waals surface area contributed by atoms with Crippen molar-refractivity contribution in [2.75, 3.05) is 0 Å². The molecular formula is C11H9F4N3. The summed E-state index contributed by atoms with van der Waals surface area (Å²) >= 11 is 0. The number of aromatic nitrogens is 3. The van der Waals surface area contributed by atoms with Gasteiger partial charge >= 0.3 is 6.18 Å². The Balaban J connectivity index is 2.54. The lowest BCUT2D eigenvalue weighted by molar-refractivity contribution is -0.140. The van der Waals surface area contributed by atoms with E-state index in [0.29, 0.717) is 12.1 Å². The van der Waals surface area contributed by atoms with Gasteiger partial charge in [-0.05, 0) is 24.6 Å². The summed E-state index contributed by atoms with van der Waals surface area (Å²) in [5.74, 6) is -1.30. The molecule has 0 fully saturated rings. The molecule has 1 heterocycles. The van der Waals surface area contributed by atoms with Crippen LogP contribution in [-0.4, -0.2) is 15.0 Å². The molecule has 0 saturated heterocycles. The minimum absolute atomic E-state index is 0.137. The second-order valence-electron chi connectivity index (χ2n) is 3.65. The predicted molar refractivity (Wildman–Crippen MR) is 55.7 cm³/mol. The first kappa shape index (κ1) is 12.5. The molecule has 0 atom stereocenters. The van der Waals surface area contributed by atoms with Crippen LogP contribution in [0.15, 0.2) is 24.4 Å². The molecule has 0 saturated carbocycles. The third-order valence-electron chi connectivity index (χ3n) is 2.48. The molecule has 0 spiro atoms. The Labute approximate surface area is 100 Å². The van der Waals surface area contributed by atoms with E-state index in [9.17, 15) is 17.6 Å². The van der Waals surface area contributed by atoms with Gasteiger partial charge in [0.2, 0.25) is 0 Å². The first-order chi connectivity index (χ1) is 8.43. The molecular weight excluding hydrogens is 250 g/mol. The van der Waals surface area contributed by atoms with Crippen molar-refractivity contribution in [3.63, 3.8) is 0 Å². The second kappa shape index (κ2) is 4.40. The van der Waals surface area contributed by atoms with E-state index in [4.69, 9.17) is 0 Å². The summed E-state index contributed by atoms with van der Waals surface area (Å²) in [5.41, 5.74) is -0.523. The SMILES string of the molecule is CCc1cnnn1-c1ccc(F)c(C(F)(F)F)c1. The van der Waals surface area contributed by atoms with Gasteiger partial charge in [-0.3, -0.25) is 0 Å². The van der Waals surface area contributed by atoms with Gasteiger partial charge < -0.3 is 0 Å².